The highest BCUT2D eigenvalue weighted by molar-refractivity contribution is 5.67. The fourth-order valence-electron chi connectivity index (χ4n) is 2.94. The maximum absolute atomic E-state index is 11.3. The lowest BCUT2D eigenvalue weighted by Crippen LogP contribution is -2.36. The quantitative estimate of drug-likeness (QED) is 0.656. The number of rotatable bonds is 5. The second-order valence-corrected chi connectivity index (χ2v) is 5.06. The number of aryl methyl sites for hydroxylation is 1. The number of aliphatic hydroxyl groups excluding tert-OH is 1. The van der Waals surface area contributed by atoms with Gasteiger partial charge in [0, 0.05) is 18.2 Å². The van der Waals surface area contributed by atoms with Crippen molar-refractivity contribution in [2.45, 2.75) is 38.6 Å². The highest BCUT2D eigenvalue weighted by atomic mass is 16.6. The first-order valence-electron chi connectivity index (χ1n) is 6.76. The normalized spacial score (nSPS) is 15.7. The van der Waals surface area contributed by atoms with Crippen molar-refractivity contribution < 1.29 is 10.0 Å². The molecule has 0 aromatic heterocycles. The Morgan fingerprint density at radius 3 is 2.68 bits per heavy atom. The van der Waals surface area contributed by atoms with E-state index in [1.807, 2.05) is 11.0 Å². The Kier molecular flexibility index (Phi) is 4.37. The molecule has 5 heteroatoms. The zero-order valence-corrected chi connectivity index (χ0v) is 11.2. The lowest BCUT2D eigenvalue weighted by atomic mass is 10.1. The molecule has 0 bridgehead atoms. The minimum Gasteiger partial charge on any atom is -0.395 e. The fourth-order valence-corrected chi connectivity index (χ4v) is 2.94. The van der Waals surface area contributed by atoms with Gasteiger partial charge in [0.2, 0.25) is 0 Å². The number of aliphatic hydroxyl groups is 1. The number of nitro groups is 1. The molecule has 1 saturated carbocycles. The summed E-state index contributed by atoms with van der Waals surface area (Å²) in [6, 6.07) is 5.71. The van der Waals surface area contributed by atoms with Crippen molar-refractivity contribution in [3.8, 4) is 0 Å². The third-order valence-corrected chi connectivity index (χ3v) is 3.81. The minimum atomic E-state index is -0.315. The first-order chi connectivity index (χ1) is 9.15. The van der Waals surface area contributed by atoms with Crippen molar-refractivity contribution in [3.63, 3.8) is 0 Å². The number of benzene rings is 1. The molecule has 1 aromatic carbocycles. The Labute approximate surface area is 113 Å². The van der Waals surface area contributed by atoms with Crippen LogP contribution in [0.2, 0.25) is 0 Å². The summed E-state index contributed by atoms with van der Waals surface area (Å²) < 4.78 is 0. The standard InChI is InChI=1S/C14H20N2O3/c1-11-5-4-8-13(14(11)16(18)19)15(9-10-17)12-6-2-3-7-12/h4-5,8,12,17H,2-3,6-7,9-10H2,1H3. The molecule has 0 unspecified atom stereocenters. The average molecular weight is 264 g/mol. The van der Waals surface area contributed by atoms with Crippen molar-refractivity contribution >= 4 is 11.4 Å². The van der Waals surface area contributed by atoms with Gasteiger partial charge in [0.15, 0.2) is 0 Å². The summed E-state index contributed by atoms with van der Waals surface area (Å²) in [5.74, 6) is 0. The van der Waals surface area contributed by atoms with Crippen LogP contribution in [0.1, 0.15) is 31.2 Å². The minimum absolute atomic E-state index is 0.0155. The molecule has 0 saturated heterocycles. The Morgan fingerprint density at radius 1 is 1.42 bits per heavy atom. The third kappa shape index (κ3) is 2.87. The summed E-state index contributed by atoms with van der Waals surface area (Å²) in [7, 11) is 0. The van der Waals surface area contributed by atoms with Crippen molar-refractivity contribution in [1.82, 2.24) is 0 Å². The van der Waals surface area contributed by atoms with Gasteiger partial charge < -0.3 is 10.0 Å². The summed E-state index contributed by atoms with van der Waals surface area (Å²) in [5.41, 5.74) is 1.48. The highest BCUT2D eigenvalue weighted by Gasteiger charge is 2.28. The first kappa shape index (κ1) is 13.8. The molecule has 0 spiro atoms. The molecule has 1 aliphatic carbocycles. The van der Waals surface area contributed by atoms with E-state index < -0.39 is 0 Å². The largest absolute Gasteiger partial charge is 0.395 e. The molecule has 0 heterocycles. The van der Waals surface area contributed by atoms with E-state index in [0.29, 0.717) is 23.8 Å². The van der Waals surface area contributed by atoms with Gasteiger partial charge in [-0.05, 0) is 25.8 Å². The molecule has 1 aromatic rings. The van der Waals surface area contributed by atoms with Crippen LogP contribution < -0.4 is 4.90 Å². The number of anilines is 1. The van der Waals surface area contributed by atoms with Gasteiger partial charge in [-0.3, -0.25) is 10.1 Å². The topological polar surface area (TPSA) is 66.6 Å². The first-order valence-corrected chi connectivity index (χ1v) is 6.76. The molecule has 1 aliphatic rings. The van der Waals surface area contributed by atoms with E-state index in [2.05, 4.69) is 0 Å². The summed E-state index contributed by atoms with van der Waals surface area (Å²) in [4.78, 5) is 13.0. The average Bonchev–Trinajstić information content (AvgIpc) is 2.88. The van der Waals surface area contributed by atoms with Gasteiger partial charge in [-0.2, -0.15) is 0 Å². The van der Waals surface area contributed by atoms with Gasteiger partial charge in [-0.15, -0.1) is 0 Å². The molecule has 1 N–H and O–H groups in total. The van der Waals surface area contributed by atoms with E-state index in [1.165, 1.54) is 0 Å². The van der Waals surface area contributed by atoms with Crippen molar-refractivity contribution in [2.75, 3.05) is 18.1 Å². The fraction of sp³-hybridized carbons (Fsp3) is 0.571. The van der Waals surface area contributed by atoms with Gasteiger partial charge >= 0.3 is 0 Å². The third-order valence-electron chi connectivity index (χ3n) is 3.81. The molecule has 0 amide bonds. The van der Waals surface area contributed by atoms with Crippen LogP contribution in [0.5, 0.6) is 0 Å². The van der Waals surface area contributed by atoms with Crippen LogP contribution in [-0.2, 0) is 0 Å². The number of nitrogens with zero attached hydrogens (tertiary/aromatic N) is 2. The van der Waals surface area contributed by atoms with E-state index in [0.717, 1.165) is 25.7 Å². The number of nitro benzene ring substituents is 1. The van der Waals surface area contributed by atoms with Gasteiger partial charge in [-0.25, -0.2) is 0 Å². The predicted octanol–water partition coefficient (Wildman–Crippen LogP) is 2.64. The Balaban J connectivity index is 2.40. The number of para-hydroxylation sites is 1. The molecular weight excluding hydrogens is 244 g/mol. The summed E-state index contributed by atoms with van der Waals surface area (Å²) in [6.45, 7) is 2.23. The molecular formula is C14H20N2O3. The lowest BCUT2D eigenvalue weighted by Gasteiger charge is -2.30. The maximum Gasteiger partial charge on any atom is 0.295 e. The second-order valence-electron chi connectivity index (χ2n) is 5.06. The van der Waals surface area contributed by atoms with Crippen LogP contribution in [0.3, 0.4) is 0 Å². The SMILES string of the molecule is Cc1cccc(N(CCO)C2CCCC2)c1[N+](=O)[O-]. The molecule has 104 valence electrons. The van der Waals surface area contributed by atoms with Gasteiger partial charge in [0.1, 0.15) is 5.69 Å². The molecule has 1 fully saturated rings. The van der Waals surface area contributed by atoms with Crippen LogP contribution >= 0.6 is 0 Å². The van der Waals surface area contributed by atoms with Crippen LogP contribution in [-0.4, -0.2) is 29.2 Å². The van der Waals surface area contributed by atoms with E-state index in [-0.39, 0.29) is 17.2 Å². The Morgan fingerprint density at radius 2 is 2.11 bits per heavy atom. The van der Waals surface area contributed by atoms with Gasteiger partial charge in [0.25, 0.3) is 5.69 Å². The van der Waals surface area contributed by atoms with Crippen molar-refractivity contribution in [1.29, 1.82) is 0 Å². The van der Waals surface area contributed by atoms with Crippen LogP contribution in [0, 0.1) is 17.0 Å². The van der Waals surface area contributed by atoms with Gasteiger partial charge in [-0.1, -0.05) is 25.0 Å². The smallest absolute Gasteiger partial charge is 0.295 e. The van der Waals surface area contributed by atoms with Gasteiger partial charge in [0.05, 0.1) is 11.5 Å². The van der Waals surface area contributed by atoms with Crippen LogP contribution in [0.15, 0.2) is 18.2 Å². The zero-order valence-electron chi connectivity index (χ0n) is 11.2. The van der Waals surface area contributed by atoms with E-state index >= 15 is 0 Å². The summed E-state index contributed by atoms with van der Waals surface area (Å²) in [5, 5.41) is 20.5. The Bertz CT molecular complexity index is 456. The molecule has 2 rings (SSSR count). The van der Waals surface area contributed by atoms with Crippen LogP contribution in [0.25, 0.3) is 0 Å². The Hall–Kier alpha value is -1.62. The second kappa shape index (κ2) is 6.02. The summed E-state index contributed by atoms with van der Waals surface area (Å²) in [6.07, 6.45) is 4.41. The zero-order chi connectivity index (χ0) is 13.8. The molecule has 0 radical (unpaired) electrons. The van der Waals surface area contributed by atoms with Crippen molar-refractivity contribution in [3.05, 3.63) is 33.9 Å². The predicted molar refractivity (Wildman–Crippen MR) is 74.5 cm³/mol. The van der Waals surface area contributed by atoms with Crippen LogP contribution in [0.4, 0.5) is 11.4 Å². The lowest BCUT2D eigenvalue weighted by molar-refractivity contribution is -0.384. The maximum atomic E-state index is 11.3. The van der Waals surface area contributed by atoms with E-state index in [4.69, 9.17) is 0 Å². The van der Waals surface area contributed by atoms with E-state index in [9.17, 15) is 15.2 Å². The van der Waals surface area contributed by atoms with Crippen molar-refractivity contribution in [2.24, 2.45) is 0 Å². The highest BCUT2D eigenvalue weighted by Crippen LogP contribution is 2.35. The van der Waals surface area contributed by atoms with E-state index in [1.54, 1.807) is 19.1 Å². The number of hydrogen-bond acceptors (Lipinski definition) is 4. The number of hydrogen-bond donors (Lipinski definition) is 1. The molecule has 5 nitrogen and oxygen atoms in total. The molecule has 0 atom stereocenters. The monoisotopic (exact) mass is 264 g/mol. The molecule has 0 aliphatic heterocycles. The summed E-state index contributed by atoms with van der Waals surface area (Å²) >= 11 is 0. The molecule has 19 heavy (non-hydrogen) atoms.